The van der Waals surface area contributed by atoms with Crippen molar-refractivity contribution in [3.8, 4) is 11.3 Å². The van der Waals surface area contributed by atoms with Crippen LogP contribution in [0, 0.1) is 62.6 Å². The van der Waals surface area contributed by atoms with E-state index in [1.165, 1.54) is 18.9 Å². The molecule has 0 unspecified atom stereocenters. The molecule has 0 saturated heterocycles. The van der Waals surface area contributed by atoms with E-state index in [-0.39, 0.29) is 63.5 Å². The predicted octanol–water partition coefficient (Wildman–Crippen LogP) is 10.6. The van der Waals surface area contributed by atoms with Crippen molar-refractivity contribution in [1.29, 1.82) is 0 Å². The Balaban J connectivity index is 1.03. The molecule has 0 aliphatic heterocycles. The summed E-state index contributed by atoms with van der Waals surface area (Å²) in [6.07, 6.45) is 7.04. The van der Waals surface area contributed by atoms with Crippen LogP contribution in [-0.4, -0.2) is 75.8 Å². The Morgan fingerprint density at radius 1 is 0.887 bits per heavy atom. The number of fused-ring (bicyclic) bond motifs is 7. The summed E-state index contributed by atoms with van der Waals surface area (Å²) in [6, 6.07) is 8.45. The van der Waals surface area contributed by atoms with Gasteiger partial charge in [-0.1, -0.05) is 86.0 Å². The van der Waals surface area contributed by atoms with Gasteiger partial charge >= 0.3 is 19.8 Å². The van der Waals surface area contributed by atoms with Crippen molar-refractivity contribution in [1.82, 2.24) is 20.4 Å². The number of carbonyl (C=O) groups excluding carboxylic acids is 4. The standard InChI is InChI=1S/C54H76ClN4O11P/c1-30(2)42-38(60)28-54(57-47(65)50(7,8)56-44(61)37-27-36(31-14-16-32(55)17-15-31)58-59(37)29-69-71(66,67-12)68-13)25-24-52(10)33(43(42)54)18-19-40-51(9)22-21-41(49(5,6)39(51)20-23-53(40,52)11)70-46(64)35-26-34(45(62)63)48(35,3)4/h14-17,27,30,33-35,39-41H,18-26,28-29H2,1-13H3,(H,56,61)(H,57,65)(H,62,63)/t33-,34+,35-,39+,40-,41+,51+,52-,53-,54-/m1/s1. The molecule has 71 heavy (non-hydrogen) atoms. The van der Waals surface area contributed by atoms with Crippen LogP contribution in [0.15, 0.2) is 41.5 Å². The summed E-state index contributed by atoms with van der Waals surface area (Å²) in [5, 5.41) is 21.2. The Morgan fingerprint density at radius 3 is 2.15 bits per heavy atom. The number of amides is 2. The zero-order valence-corrected chi connectivity index (χ0v) is 45.6. The first-order valence-electron chi connectivity index (χ1n) is 25.5. The summed E-state index contributed by atoms with van der Waals surface area (Å²) < 4.78 is 35.9. The first-order chi connectivity index (χ1) is 32.9. The Labute approximate surface area is 424 Å². The SMILES string of the molecule is COP(=O)(OC)OCn1nc(-c2ccc(Cl)cc2)cc1C(=O)NC(C)(C)C(=O)N[C@@]12CC[C@]3(C)[C@H](CC[C@@H]4[C@@]5(C)CC[C@H](OC(=O)[C@H]6C[C@@H](C(=O)O)C6(C)C)C(C)(C)[C@@H]5CC[C@]43C)C1=C(C(C)C)C(=O)C2. The molecule has 0 radical (unpaired) electrons. The number of carboxylic acid groups (broad SMARTS) is 1. The van der Waals surface area contributed by atoms with Gasteiger partial charge in [-0.15, -0.1) is 0 Å². The number of aliphatic carboxylic acids is 1. The molecule has 17 heteroatoms. The van der Waals surface area contributed by atoms with Gasteiger partial charge in [0.1, 0.15) is 17.3 Å². The Morgan fingerprint density at radius 2 is 1.55 bits per heavy atom. The molecule has 5 saturated carbocycles. The number of ketones is 1. The van der Waals surface area contributed by atoms with Crippen molar-refractivity contribution in [2.45, 2.75) is 164 Å². The van der Waals surface area contributed by atoms with Crippen molar-refractivity contribution in [2.75, 3.05) is 14.2 Å². The number of nitrogens with zero attached hydrogens (tertiary/aromatic N) is 2. The van der Waals surface area contributed by atoms with Crippen molar-refractivity contribution >= 4 is 49.0 Å². The Hall–Kier alpha value is -3.88. The monoisotopic (exact) mass is 1020 g/mol. The first-order valence-corrected chi connectivity index (χ1v) is 27.3. The minimum Gasteiger partial charge on any atom is -0.481 e. The predicted molar refractivity (Wildman–Crippen MR) is 268 cm³/mol. The van der Waals surface area contributed by atoms with Crippen LogP contribution in [0.1, 0.15) is 151 Å². The summed E-state index contributed by atoms with van der Waals surface area (Å²) in [5.74, 6) is -2.47. The van der Waals surface area contributed by atoms with Crippen molar-refractivity contribution in [3.63, 3.8) is 0 Å². The van der Waals surface area contributed by atoms with E-state index in [4.69, 9.17) is 29.9 Å². The molecular weight excluding hydrogens is 947 g/mol. The van der Waals surface area contributed by atoms with Gasteiger partial charge in [-0.3, -0.25) is 37.5 Å². The average molecular weight is 1020 g/mol. The number of hydrogen-bond acceptors (Lipinski definition) is 11. The molecule has 390 valence electrons. The fourth-order valence-corrected chi connectivity index (χ4v) is 16.2. The zero-order valence-electron chi connectivity index (χ0n) is 44.0. The van der Waals surface area contributed by atoms with Gasteiger partial charge < -0.3 is 20.5 Å². The van der Waals surface area contributed by atoms with E-state index in [1.54, 1.807) is 44.2 Å². The molecule has 3 N–H and O–H groups in total. The molecule has 15 nitrogen and oxygen atoms in total. The van der Waals surface area contributed by atoms with Gasteiger partial charge in [0.15, 0.2) is 12.5 Å². The van der Waals surface area contributed by atoms with Crippen LogP contribution >= 0.6 is 19.4 Å². The molecule has 6 aliphatic rings. The number of benzene rings is 1. The summed E-state index contributed by atoms with van der Waals surface area (Å²) in [5.41, 5.74) is -0.699. The number of hydrogen-bond donors (Lipinski definition) is 3. The van der Waals surface area contributed by atoms with Gasteiger partial charge in [-0.25, -0.2) is 9.25 Å². The Kier molecular flexibility index (Phi) is 13.7. The highest BCUT2D eigenvalue weighted by atomic mass is 35.5. The third-order valence-electron chi connectivity index (χ3n) is 19.8. The number of phosphoric ester groups is 1. The smallest absolute Gasteiger partial charge is 0.476 e. The van der Waals surface area contributed by atoms with Crippen molar-refractivity contribution in [3.05, 3.63) is 52.2 Å². The largest absolute Gasteiger partial charge is 0.481 e. The van der Waals surface area contributed by atoms with Crippen LogP contribution in [0.2, 0.25) is 5.02 Å². The number of nitrogens with one attached hydrogen (secondary N) is 2. The highest BCUT2D eigenvalue weighted by molar-refractivity contribution is 7.48. The Bertz CT molecular complexity index is 2580. The lowest BCUT2D eigenvalue weighted by atomic mass is 9.33. The maximum Gasteiger partial charge on any atom is 0.476 e. The van der Waals surface area contributed by atoms with Gasteiger partial charge in [-0.2, -0.15) is 5.10 Å². The van der Waals surface area contributed by atoms with Crippen LogP contribution in [0.4, 0.5) is 0 Å². The number of carboxylic acids is 1. The maximum atomic E-state index is 14.9. The normalized spacial score (nSPS) is 34.0. The van der Waals surface area contributed by atoms with Crippen molar-refractivity contribution in [2.24, 2.45) is 62.6 Å². The topological polar surface area (TPSA) is 201 Å². The second kappa shape index (κ2) is 18.2. The quantitative estimate of drug-likeness (QED) is 0.120. The van der Waals surface area contributed by atoms with Crippen LogP contribution in [-0.2, 0) is 48.8 Å². The van der Waals surface area contributed by atoms with E-state index in [9.17, 15) is 33.6 Å². The van der Waals surface area contributed by atoms with Gasteiger partial charge in [0.05, 0.1) is 23.1 Å². The number of phosphoric acid groups is 1. The van der Waals surface area contributed by atoms with Crippen molar-refractivity contribution < 1.29 is 52.0 Å². The number of halogens is 1. The minimum atomic E-state index is -3.96. The molecule has 10 atom stereocenters. The summed E-state index contributed by atoms with van der Waals surface area (Å²) >= 11 is 6.16. The van der Waals surface area contributed by atoms with Gasteiger partial charge in [0.2, 0.25) is 5.91 Å². The van der Waals surface area contributed by atoms with E-state index in [0.29, 0.717) is 41.0 Å². The van der Waals surface area contributed by atoms with Crippen LogP contribution in [0.25, 0.3) is 11.3 Å². The number of aromatic nitrogens is 2. The lowest BCUT2D eigenvalue weighted by Crippen LogP contribution is -2.68. The third kappa shape index (κ3) is 8.57. The second-order valence-electron chi connectivity index (χ2n) is 24.6. The van der Waals surface area contributed by atoms with Crippen LogP contribution in [0.3, 0.4) is 0 Å². The van der Waals surface area contributed by atoms with Gasteiger partial charge in [-0.05, 0) is 146 Å². The highest BCUT2D eigenvalue weighted by Gasteiger charge is 2.71. The van der Waals surface area contributed by atoms with Crippen LogP contribution < -0.4 is 10.6 Å². The van der Waals surface area contributed by atoms with E-state index in [1.807, 2.05) is 13.8 Å². The molecule has 1 aromatic carbocycles. The number of esters is 1. The average Bonchev–Trinajstić information content (AvgIpc) is 3.85. The minimum absolute atomic E-state index is 0.0274. The molecule has 8 rings (SSSR count). The number of carbonyl (C=O) groups is 5. The summed E-state index contributed by atoms with van der Waals surface area (Å²) in [4.78, 5) is 69.2. The first kappa shape index (κ1) is 53.4. The number of ether oxygens (including phenoxy) is 1. The van der Waals surface area contributed by atoms with Crippen LogP contribution in [0.5, 0.6) is 0 Å². The van der Waals surface area contributed by atoms with Gasteiger partial charge in [0, 0.05) is 36.6 Å². The molecule has 1 heterocycles. The zero-order chi connectivity index (χ0) is 52.2. The molecule has 1 aromatic heterocycles. The van der Waals surface area contributed by atoms with E-state index < -0.39 is 60.7 Å². The molecule has 6 aliphatic carbocycles. The molecular formula is C54H76ClN4O11P. The van der Waals surface area contributed by atoms with E-state index >= 15 is 0 Å². The lowest BCUT2D eigenvalue weighted by molar-refractivity contribution is -0.235. The number of Topliss-reactive ketones (excluding diaryl/α,β-unsaturated/α-hetero) is 1. The van der Waals surface area contributed by atoms with E-state index in [0.717, 1.165) is 56.1 Å². The fourth-order valence-electron chi connectivity index (χ4n) is 15.4. The fraction of sp³-hybridized carbons (Fsp3) is 0.704. The third-order valence-corrected chi connectivity index (χ3v) is 21.3. The second-order valence-corrected chi connectivity index (χ2v) is 26.9. The molecule has 0 bridgehead atoms. The number of rotatable bonds is 14. The molecule has 2 amide bonds. The summed E-state index contributed by atoms with van der Waals surface area (Å²) in [7, 11) is -1.60. The highest BCUT2D eigenvalue weighted by Crippen LogP contribution is 2.76. The summed E-state index contributed by atoms with van der Waals surface area (Å²) in [6.45, 7) is 22.6. The van der Waals surface area contributed by atoms with E-state index in [2.05, 4.69) is 64.2 Å². The molecule has 5 fully saturated rings. The maximum absolute atomic E-state index is 14.9. The molecule has 2 aromatic rings. The van der Waals surface area contributed by atoms with Gasteiger partial charge in [0.25, 0.3) is 5.91 Å². The number of allylic oxidation sites excluding steroid dienone is 1. The lowest BCUT2D eigenvalue weighted by Gasteiger charge is -2.72. The molecule has 0 spiro atoms.